The fraction of sp³-hybridized carbons (Fsp3) is 0.238. The van der Waals surface area contributed by atoms with Gasteiger partial charge in [0.15, 0.2) is 5.16 Å². The number of rotatable bonds is 6. The number of halogens is 2. The third-order valence-electron chi connectivity index (χ3n) is 4.76. The highest BCUT2D eigenvalue weighted by molar-refractivity contribution is 8.00. The molecule has 7 nitrogen and oxygen atoms in total. The van der Waals surface area contributed by atoms with Crippen LogP contribution in [0.3, 0.4) is 0 Å². The first-order valence-electron chi connectivity index (χ1n) is 9.70. The molecule has 1 unspecified atom stereocenters. The van der Waals surface area contributed by atoms with Crippen molar-refractivity contribution in [2.75, 3.05) is 5.32 Å². The first-order valence-corrected chi connectivity index (χ1v) is 11.3. The van der Waals surface area contributed by atoms with Crippen molar-refractivity contribution in [2.24, 2.45) is 0 Å². The normalized spacial score (nSPS) is 12.4. The van der Waals surface area contributed by atoms with Crippen molar-refractivity contribution in [3.63, 3.8) is 0 Å². The maximum Gasteiger partial charge on any atom is 0.262 e. The van der Waals surface area contributed by atoms with Gasteiger partial charge in [0.05, 0.1) is 26.9 Å². The number of amides is 1. The number of aromatic nitrogens is 4. The third-order valence-corrected chi connectivity index (χ3v) is 6.37. The molecular weight excluding hydrogens is 457 g/mol. The summed E-state index contributed by atoms with van der Waals surface area (Å²) in [6, 6.07) is 12.2. The number of anilines is 1. The summed E-state index contributed by atoms with van der Waals surface area (Å²) in [5.41, 5.74) is 1.04. The molecule has 1 N–H and O–H groups in total. The van der Waals surface area contributed by atoms with Gasteiger partial charge in [-0.3, -0.25) is 18.6 Å². The molecule has 2 aromatic heterocycles. The molecule has 10 heteroatoms. The van der Waals surface area contributed by atoms with E-state index >= 15 is 0 Å². The Bertz CT molecular complexity index is 1350. The molecule has 0 radical (unpaired) electrons. The van der Waals surface area contributed by atoms with Gasteiger partial charge in [-0.15, -0.1) is 10.2 Å². The van der Waals surface area contributed by atoms with E-state index in [4.69, 9.17) is 23.2 Å². The predicted molar refractivity (Wildman–Crippen MR) is 125 cm³/mol. The minimum Gasteiger partial charge on any atom is -0.324 e. The first-order chi connectivity index (χ1) is 14.9. The van der Waals surface area contributed by atoms with Crippen LogP contribution in [0.4, 0.5) is 5.69 Å². The Labute approximate surface area is 192 Å². The molecule has 0 fully saturated rings. The molecule has 0 saturated carbocycles. The van der Waals surface area contributed by atoms with E-state index in [1.807, 2.05) is 29.5 Å². The van der Waals surface area contributed by atoms with Crippen molar-refractivity contribution >= 4 is 63.2 Å². The molecular formula is C21H19Cl2N5O2S. The van der Waals surface area contributed by atoms with Crippen LogP contribution in [-0.2, 0) is 11.3 Å². The minimum atomic E-state index is -0.507. The topological polar surface area (TPSA) is 81.3 Å². The Morgan fingerprint density at radius 3 is 2.74 bits per heavy atom. The number of carbonyl (C=O) groups is 1. The smallest absolute Gasteiger partial charge is 0.262 e. The molecule has 0 saturated heterocycles. The quantitative estimate of drug-likeness (QED) is 0.401. The zero-order valence-electron chi connectivity index (χ0n) is 16.8. The maximum atomic E-state index is 12.9. The van der Waals surface area contributed by atoms with Crippen LogP contribution in [0.25, 0.3) is 16.7 Å². The van der Waals surface area contributed by atoms with E-state index < -0.39 is 5.25 Å². The average molecular weight is 476 g/mol. The molecule has 0 aliphatic rings. The van der Waals surface area contributed by atoms with E-state index in [-0.39, 0.29) is 11.5 Å². The van der Waals surface area contributed by atoms with Gasteiger partial charge in [0, 0.05) is 11.6 Å². The van der Waals surface area contributed by atoms with Crippen LogP contribution in [-0.4, -0.2) is 30.3 Å². The number of nitrogens with zero attached hydrogens (tertiary/aromatic N) is 4. The fourth-order valence-corrected chi connectivity index (χ4v) is 4.47. The van der Waals surface area contributed by atoms with Crippen LogP contribution in [0, 0.1) is 0 Å². The number of benzene rings is 2. The van der Waals surface area contributed by atoms with Gasteiger partial charge >= 0.3 is 0 Å². The van der Waals surface area contributed by atoms with Gasteiger partial charge in [0.2, 0.25) is 11.7 Å². The Kier molecular flexibility index (Phi) is 6.22. The van der Waals surface area contributed by atoms with Crippen molar-refractivity contribution in [3.05, 3.63) is 62.9 Å². The van der Waals surface area contributed by atoms with Gasteiger partial charge in [-0.2, -0.15) is 0 Å². The Morgan fingerprint density at radius 2 is 1.97 bits per heavy atom. The Balaban J connectivity index is 1.71. The van der Waals surface area contributed by atoms with E-state index in [1.165, 1.54) is 11.8 Å². The number of para-hydroxylation sites is 1. The highest BCUT2D eigenvalue weighted by Crippen LogP contribution is 2.29. The lowest BCUT2D eigenvalue weighted by Gasteiger charge is -2.13. The summed E-state index contributed by atoms with van der Waals surface area (Å²) in [6.07, 6.45) is 0.780. The van der Waals surface area contributed by atoms with Crippen LogP contribution in [0.5, 0.6) is 0 Å². The molecule has 31 heavy (non-hydrogen) atoms. The SMILES string of the molecule is CCCn1c(=O)c2ccccc2n2c(SC(C)C(=O)Nc3cc(Cl)ccc3Cl)nnc12. The highest BCUT2D eigenvalue weighted by atomic mass is 35.5. The number of thioether (sulfide) groups is 1. The van der Waals surface area contributed by atoms with Crippen molar-refractivity contribution in [1.82, 2.24) is 19.2 Å². The molecule has 1 amide bonds. The molecule has 4 rings (SSSR count). The number of nitrogens with one attached hydrogen (secondary N) is 1. The molecule has 2 heterocycles. The second-order valence-electron chi connectivity index (χ2n) is 6.97. The van der Waals surface area contributed by atoms with E-state index in [0.717, 1.165) is 6.42 Å². The summed E-state index contributed by atoms with van der Waals surface area (Å²) in [6.45, 7) is 4.29. The van der Waals surface area contributed by atoms with Crippen LogP contribution < -0.4 is 10.9 Å². The number of fused-ring (bicyclic) bond motifs is 3. The van der Waals surface area contributed by atoms with Gasteiger partial charge in [-0.1, -0.05) is 54.0 Å². The molecule has 2 aromatic carbocycles. The Hall–Kier alpha value is -2.55. The Morgan fingerprint density at radius 1 is 1.19 bits per heavy atom. The predicted octanol–water partition coefficient (Wildman–Crippen LogP) is 4.88. The fourth-order valence-electron chi connectivity index (χ4n) is 3.27. The van der Waals surface area contributed by atoms with Gasteiger partial charge in [0.25, 0.3) is 5.56 Å². The standard InChI is InChI=1S/C21H19Cl2N5O2S/c1-3-10-27-19(30)14-6-4-5-7-17(14)28-20(27)25-26-21(28)31-12(2)18(29)24-16-11-13(22)8-9-15(16)23/h4-9,11-12H,3,10H2,1-2H3,(H,24,29). The van der Waals surface area contributed by atoms with E-state index in [2.05, 4.69) is 15.5 Å². The number of hydrogen-bond acceptors (Lipinski definition) is 5. The lowest BCUT2D eigenvalue weighted by molar-refractivity contribution is -0.115. The first kappa shape index (κ1) is 21.7. The van der Waals surface area contributed by atoms with Crippen LogP contribution in [0.15, 0.2) is 52.4 Å². The van der Waals surface area contributed by atoms with Crippen molar-refractivity contribution in [1.29, 1.82) is 0 Å². The monoisotopic (exact) mass is 475 g/mol. The summed E-state index contributed by atoms with van der Waals surface area (Å²) >= 11 is 13.4. The molecule has 0 aliphatic heterocycles. The summed E-state index contributed by atoms with van der Waals surface area (Å²) < 4.78 is 3.45. The third kappa shape index (κ3) is 4.15. The summed E-state index contributed by atoms with van der Waals surface area (Å²) in [4.78, 5) is 25.7. The van der Waals surface area contributed by atoms with Gasteiger partial charge < -0.3 is 5.32 Å². The number of hydrogen-bond donors (Lipinski definition) is 1. The number of aryl methyl sites for hydroxylation is 1. The lowest BCUT2D eigenvalue weighted by atomic mass is 10.2. The van der Waals surface area contributed by atoms with Gasteiger partial charge in [-0.05, 0) is 43.7 Å². The highest BCUT2D eigenvalue weighted by Gasteiger charge is 2.22. The van der Waals surface area contributed by atoms with Crippen molar-refractivity contribution in [3.8, 4) is 0 Å². The molecule has 0 aliphatic carbocycles. The summed E-state index contributed by atoms with van der Waals surface area (Å²) in [5.74, 6) is 0.204. The molecule has 0 bridgehead atoms. The summed E-state index contributed by atoms with van der Waals surface area (Å²) in [7, 11) is 0. The van der Waals surface area contributed by atoms with E-state index in [0.29, 0.717) is 44.1 Å². The van der Waals surface area contributed by atoms with Gasteiger partial charge in [0.1, 0.15) is 0 Å². The van der Waals surface area contributed by atoms with Crippen LogP contribution >= 0.6 is 35.0 Å². The van der Waals surface area contributed by atoms with Crippen LogP contribution in [0.1, 0.15) is 20.3 Å². The molecule has 160 valence electrons. The average Bonchev–Trinajstić information content (AvgIpc) is 3.17. The minimum absolute atomic E-state index is 0.102. The van der Waals surface area contributed by atoms with E-state index in [1.54, 1.807) is 35.8 Å². The summed E-state index contributed by atoms with van der Waals surface area (Å²) in [5, 5.41) is 12.8. The zero-order valence-corrected chi connectivity index (χ0v) is 19.1. The molecule has 0 spiro atoms. The number of carbonyl (C=O) groups excluding carboxylic acids is 1. The largest absolute Gasteiger partial charge is 0.324 e. The second-order valence-corrected chi connectivity index (χ2v) is 9.12. The van der Waals surface area contributed by atoms with Crippen molar-refractivity contribution in [2.45, 2.75) is 37.2 Å². The molecule has 1 atom stereocenters. The van der Waals surface area contributed by atoms with E-state index in [9.17, 15) is 9.59 Å². The van der Waals surface area contributed by atoms with Gasteiger partial charge in [-0.25, -0.2) is 0 Å². The second kappa shape index (κ2) is 8.90. The lowest BCUT2D eigenvalue weighted by Crippen LogP contribution is -2.24. The van der Waals surface area contributed by atoms with Crippen molar-refractivity contribution < 1.29 is 4.79 Å². The van der Waals surface area contributed by atoms with Crippen LogP contribution in [0.2, 0.25) is 10.0 Å². The zero-order chi connectivity index (χ0) is 22.1. The maximum absolute atomic E-state index is 12.9. The molecule has 4 aromatic rings.